The van der Waals surface area contributed by atoms with Gasteiger partial charge in [-0.25, -0.2) is 4.68 Å². The van der Waals surface area contributed by atoms with Crippen LogP contribution in [0.25, 0.3) is 5.69 Å². The number of carbonyl (C=O) groups excluding carboxylic acids is 1. The number of amides is 1. The summed E-state index contributed by atoms with van der Waals surface area (Å²) in [6.07, 6.45) is 6.56. The quantitative estimate of drug-likeness (QED) is 0.750. The van der Waals surface area contributed by atoms with Crippen LogP contribution < -0.4 is 5.32 Å². The molecule has 0 aliphatic carbocycles. The molecule has 0 spiro atoms. The van der Waals surface area contributed by atoms with E-state index < -0.39 is 5.41 Å². The molecule has 7 nitrogen and oxygen atoms in total. The van der Waals surface area contributed by atoms with E-state index in [1.165, 1.54) is 0 Å². The molecular formula is C20H21N5O2. The van der Waals surface area contributed by atoms with E-state index in [0.29, 0.717) is 38.3 Å². The maximum absolute atomic E-state index is 13.1. The smallest absolute Gasteiger partial charge is 0.231 e. The summed E-state index contributed by atoms with van der Waals surface area (Å²) < 4.78 is 7.17. The number of nitrogens with zero attached hydrogens (tertiary/aromatic N) is 4. The number of ether oxygens (including phenoxy) is 1. The van der Waals surface area contributed by atoms with E-state index >= 15 is 0 Å². The van der Waals surface area contributed by atoms with Crippen LogP contribution >= 0.6 is 0 Å². The maximum Gasteiger partial charge on any atom is 0.231 e. The first kappa shape index (κ1) is 17.4. The molecule has 0 radical (unpaired) electrons. The first-order valence-corrected chi connectivity index (χ1v) is 9.01. The van der Waals surface area contributed by atoms with Crippen LogP contribution in [0.4, 0.5) is 0 Å². The van der Waals surface area contributed by atoms with Crippen LogP contribution in [-0.4, -0.2) is 39.1 Å². The Balaban J connectivity index is 1.48. The van der Waals surface area contributed by atoms with Crippen LogP contribution in [0.1, 0.15) is 24.1 Å². The summed E-state index contributed by atoms with van der Waals surface area (Å²) in [7, 11) is 0. The highest BCUT2D eigenvalue weighted by Gasteiger charge is 2.41. The molecule has 2 aromatic heterocycles. The number of benzene rings is 1. The van der Waals surface area contributed by atoms with Crippen molar-refractivity contribution in [3.05, 3.63) is 72.3 Å². The number of hydrogen-bond acceptors (Lipinski definition) is 5. The third-order valence-electron chi connectivity index (χ3n) is 5.01. The average Bonchev–Trinajstić information content (AvgIpc) is 3.23. The summed E-state index contributed by atoms with van der Waals surface area (Å²) in [5.41, 5.74) is 2.06. The first-order chi connectivity index (χ1) is 13.3. The SMILES string of the molecule is O=C(NCc1cn(-c2ccncc2)nn1)C1(c2ccccc2)CCOCC1. The second-order valence-electron chi connectivity index (χ2n) is 6.60. The van der Waals surface area contributed by atoms with E-state index in [2.05, 4.69) is 20.6 Å². The Kier molecular flexibility index (Phi) is 4.93. The predicted molar refractivity (Wildman–Crippen MR) is 99.2 cm³/mol. The zero-order valence-electron chi connectivity index (χ0n) is 14.9. The molecule has 138 valence electrons. The molecule has 0 saturated carbocycles. The predicted octanol–water partition coefficient (Wildman–Crippen LogP) is 2.03. The lowest BCUT2D eigenvalue weighted by molar-refractivity contribution is -0.130. The Morgan fingerprint density at radius 2 is 1.85 bits per heavy atom. The summed E-state index contributed by atoms with van der Waals surface area (Å²) in [4.78, 5) is 17.1. The number of hydrogen-bond donors (Lipinski definition) is 1. The van der Waals surface area contributed by atoms with Gasteiger partial charge >= 0.3 is 0 Å². The fourth-order valence-electron chi connectivity index (χ4n) is 3.47. The van der Waals surface area contributed by atoms with Gasteiger partial charge in [0.05, 0.1) is 23.8 Å². The van der Waals surface area contributed by atoms with Crippen molar-refractivity contribution in [3.8, 4) is 5.69 Å². The molecule has 1 saturated heterocycles. The van der Waals surface area contributed by atoms with Crippen molar-refractivity contribution >= 4 is 5.91 Å². The van der Waals surface area contributed by atoms with Gasteiger partial charge in [0.15, 0.2) is 0 Å². The molecule has 1 aromatic carbocycles. The van der Waals surface area contributed by atoms with E-state index in [1.54, 1.807) is 17.1 Å². The monoisotopic (exact) mass is 363 g/mol. The third-order valence-corrected chi connectivity index (χ3v) is 5.01. The lowest BCUT2D eigenvalue weighted by Gasteiger charge is -2.36. The molecule has 1 aliphatic rings. The molecule has 7 heteroatoms. The Labute approximate surface area is 157 Å². The van der Waals surface area contributed by atoms with Gasteiger partial charge in [-0.1, -0.05) is 35.5 Å². The van der Waals surface area contributed by atoms with E-state index in [4.69, 9.17) is 4.74 Å². The normalized spacial score (nSPS) is 16.0. The summed E-state index contributed by atoms with van der Waals surface area (Å²) in [6.45, 7) is 1.50. The van der Waals surface area contributed by atoms with Gasteiger partial charge in [0.25, 0.3) is 0 Å². The Hall–Kier alpha value is -3.06. The van der Waals surface area contributed by atoms with Gasteiger partial charge < -0.3 is 10.1 Å². The van der Waals surface area contributed by atoms with Crippen LogP contribution in [0.2, 0.25) is 0 Å². The summed E-state index contributed by atoms with van der Waals surface area (Å²) in [5.74, 6) is 0.00969. The molecule has 0 unspecified atom stereocenters. The van der Waals surface area contributed by atoms with E-state index in [-0.39, 0.29) is 5.91 Å². The molecule has 3 heterocycles. The van der Waals surface area contributed by atoms with Crippen LogP contribution in [0.3, 0.4) is 0 Å². The summed E-state index contributed by atoms with van der Waals surface area (Å²) in [6, 6.07) is 13.6. The zero-order chi connectivity index (χ0) is 18.5. The molecule has 1 aliphatic heterocycles. The van der Waals surface area contributed by atoms with Crippen molar-refractivity contribution in [2.45, 2.75) is 24.8 Å². The van der Waals surface area contributed by atoms with Crippen molar-refractivity contribution < 1.29 is 9.53 Å². The molecule has 1 amide bonds. The Morgan fingerprint density at radius 1 is 1.11 bits per heavy atom. The molecule has 1 fully saturated rings. The molecular weight excluding hydrogens is 342 g/mol. The number of aromatic nitrogens is 4. The van der Waals surface area contributed by atoms with E-state index in [0.717, 1.165) is 11.3 Å². The standard InChI is InChI=1S/C20H21N5O2/c26-19(20(8-12-27-13-9-20)16-4-2-1-3-5-16)22-14-17-15-25(24-23-17)18-6-10-21-11-7-18/h1-7,10-11,15H,8-9,12-14H2,(H,22,26). The minimum atomic E-state index is -0.555. The minimum absolute atomic E-state index is 0.00969. The number of nitrogens with one attached hydrogen (secondary N) is 1. The van der Waals surface area contributed by atoms with Crippen LogP contribution in [0, 0.1) is 0 Å². The van der Waals surface area contributed by atoms with Gasteiger partial charge in [-0.3, -0.25) is 9.78 Å². The second-order valence-corrected chi connectivity index (χ2v) is 6.60. The Bertz CT molecular complexity index is 889. The van der Waals surface area contributed by atoms with Gasteiger partial charge in [0.1, 0.15) is 5.69 Å². The maximum atomic E-state index is 13.1. The number of rotatable bonds is 5. The fourth-order valence-corrected chi connectivity index (χ4v) is 3.47. The van der Waals surface area contributed by atoms with Crippen molar-refractivity contribution in [1.29, 1.82) is 0 Å². The van der Waals surface area contributed by atoms with Crippen LogP contribution in [0.15, 0.2) is 61.1 Å². The molecule has 0 atom stereocenters. The molecule has 0 bridgehead atoms. The summed E-state index contributed by atoms with van der Waals surface area (Å²) in [5, 5.41) is 11.3. The van der Waals surface area contributed by atoms with Crippen molar-refractivity contribution in [2.24, 2.45) is 0 Å². The average molecular weight is 363 g/mol. The van der Waals surface area contributed by atoms with Crippen LogP contribution in [0.5, 0.6) is 0 Å². The van der Waals surface area contributed by atoms with E-state index in [9.17, 15) is 4.79 Å². The number of carbonyl (C=O) groups is 1. The highest BCUT2D eigenvalue weighted by Crippen LogP contribution is 2.35. The highest BCUT2D eigenvalue weighted by atomic mass is 16.5. The lowest BCUT2D eigenvalue weighted by Crippen LogP contribution is -2.47. The second kappa shape index (κ2) is 7.67. The summed E-state index contributed by atoms with van der Waals surface area (Å²) >= 11 is 0. The minimum Gasteiger partial charge on any atom is -0.381 e. The van der Waals surface area contributed by atoms with E-state index in [1.807, 2.05) is 48.7 Å². The van der Waals surface area contributed by atoms with Crippen LogP contribution in [-0.2, 0) is 21.5 Å². The van der Waals surface area contributed by atoms with Gasteiger partial charge in [-0.15, -0.1) is 5.10 Å². The van der Waals surface area contributed by atoms with Gasteiger partial charge in [-0.05, 0) is 30.5 Å². The van der Waals surface area contributed by atoms with Crippen molar-refractivity contribution in [3.63, 3.8) is 0 Å². The molecule has 4 rings (SSSR count). The topological polar surface area (TPSA) is 81.9 Å². The van der Waals surface area contributed by atoms with Crippen molar-refractivity contribution in [2.75, 3.05) is 13.2 Å². The zero-order valence-corrected chi connectivity index (χ0v) is 14.9. The molecule has 27 heavy (non-hydrogen) atoms. The third kappa shape index (κ3) is 3.59. The van der Waals surface area contributed by atoms with Gasteiger partial charge in [-0.2, -0.15) is 0 Å². The number of pyridine rings is 1. The van der Waals surface area contributed by atoms with Gasteiger partial charge in [0, 0.05) is 25.6 Å². The fraction of sp³-hybridized carbons (Fsp3) is 0.300. The Morgan fingerprint density at radius 3 is 2.59 bits per heavy atom. The van der Waals surface area contributed by atoms with Crippen molar-refractivity contribution in [1.82, 2.24) is 25.3 Å². The largest absolute Gasteiger partial charge is 0.381 e. The lowest BCUT2D eigenvalue weighted by atomic mass is 9.73. The first-order valence-electron chi connectivity index (χ1n) is 9.01. The highest BCUT2D eigenvalue weighted by molar-refractivity contribution is 5.88. The van der Waals surface area contributed by atoms with Gasteiger partial charge in [0.2, 0.25) is 5.91 Å². The molecule has 1 N–H and O–H groups in total. The molecule has 3 aromatic rings.